The molecule has 0 spiro atoms. The fourth-order valence-corrected chi connectivity index (χ4v) is 3.55. The molecule has 0 aliphatic heterocycles. The second-order valence-corrected chi connectivity index (χ2v) is 6.82. The minimum absolute atomic E-state index is 0.143. The predicted octanol–water partition coefficient (Wildman–Crippen LogP) is 4.07. The maximum absolute atomic E-state index is 6.29. The Labute approximate surface area is 128 Å². The molecule has 112 valence electrons. The average Bonchev–Trinajstić information content (AvgIpc) is 2.64. The Kier molecular flexibility index (Phi) is 5.48. The van der Waals surface area contributed by atoms with Crippen molar-refractivity contribution in [3.8, 4) is 0 Å². The van der Waals surface area contributed by atoms with Crippen LogP contribution >= 0.6 is 11.6 Å². The van der Waals surface area contributed by atoms with Crippen molar-refractivity contribution in [1.82, 2.24) is 4.90 Å². The van der Waals surface area contributed by atoms with Crippen molar-refractivity contribution in [1.29, 1.82) is 0 Å². The van der Waals surface area contributed by atoms with E-state index in [0.29, 0.717) is 0 Å². The first-order valence-corrected chi connectivity index (χ1v) is 8.10. The minimum atomic E-state index is 0.143. The van der Waals surface area contributed by atoms with Crippen molar-refractivity contribution in [3.05, 3.63) is 34.9 Å². The molecule has 0 bridgehead atoms. The van der Waals surface area contributed by atoms with E-state index < -0.39 is 0 Å². The molecule has 1 fully saturated rings. The summed E-state index contributed by atoms with van der Waals surface area (Å²) in [6.07, 6.45) is 6.30. The summed E-state index contributed by atoms with van der Waals surface area (Å²) in [5.41, 5.74) is 7.51. The molecule has 1 aromatic rings. The number of benzene rings is 1. The Morgan fingerprint density at radius 2 is 2.05 bits per heavy atom. The molecule has 2 N–H and O–H groups in total. The Balaban J connectivity index is 2.12. The zero-order valence-electron chi connectivity index (χ0n) is 12.7. The highest BCUT2D eigenvalue weighted by Gasteiger charge is 2.35. The molecular weight excluding hydrogens is 268 g/mol. The van der Waals surface area contributed by atoms with Gasteiger partial charge < -0.3 is 5.73 Å². The Morgan fingerprint density at radius 3 is 2.75 bits per heavy atom. The van der Waals surface area contributed by atoms with E-state index in [4.69, 9.17) is 17.3 Å². The lowest BCUT2D eigenvalue weighted by atomic mass is 9.87. The summed E-state index contributed by atoms with van der Waals surface area (Å²) < 4.78 is 0. The van der Waals surface area contributed by atoms with Gasteiger partial charge >= 0.3 is 0 Å². The molecule has 3 heteroatoms. The van der Waals surface area contributed by atoms with Crippen molar-refractivity contribution in [2.75, 3.05) is 13.6 Å². The minimum Gasteiger partial charge on any atom is -0.329 e. The van der Waals surface area contributed by atoms with Gasteiger partial charge in [0.15, 0.2) is 0 Å². The highest BCUT2D eigenvalue weighted by molar-refractivity contribution is 6.31. The van der Waals surface area contributed by atoms with Crippen LogP contribution in [0.3, 0.4) is 0 Å². The third kappa shape index (κ3) is 3.55. The van der Waals surface area contributed by atoms with Crippen molar-refractivity contribution < 1.29 is 0 Å². The van der Waals surface area contributed by atoms with E-state index in [1.807, 2.05) is 12.1 Å². The van der Waals surface area contributed by atoms with E-state index in [1.54, 1.807) is 0 Å². The third-order valence-electron chi connectivity index (χ3n) is 5.00. The maximum atomic E-state index is 6.29. The summed E-state index contributed by atoms with van der Waals surface area (Å²) >= 11 is 6.29. The number of hydrogen-bond donors (Lipinski definition) is 1. The number of likely N-dealkylation sites (N-methyl/N-ethyl adjacent to an activating group) is 1. The van der Waals surface area contributed by atoms with Crippen LogP contribution in [0, 0.1) is 5.92 Å². The summed E-state index contributed by atoms with van der Waals surface area (Å²) in [6.45, 7) is 3.98. The number of hydrogen-bond acceptors (Lipinski definition) is 2. The molecule has 2 atom stereocenters. The van der Waals surface area contributed by atoms with E-state index in [0.717, 1.165) is 24.0 Å². The van der Waals surface area contributed by atoms with Crippen molar-refractivity contribution in [2.45, 2.75) is 51.1 Å². The van der Waals surface area contributed by atoms with Crippen LogP contribution < -0.4 is 5.73 Å². The van der Waals surface area contributed by atoms with E-state index in [1.165, 1.54) is 37.7 Å². The van der Waals surface area contributed by atoms with Crippen LogP contribution in [0.2, 0.25) is 5.02 Å². The molecule has 0 radical (unpaired) electrons. The van der Waals surface area contributed by atoms with E-state index in [-0.39, 0.29) is 5.54 Å². The smallest absolute Gasteiger partial charge is 0.0451 e. The molecule has 0 saturated heterocycles. The van der Waals surface area contributed by atoms with Crippen molar-refractivity contribution >= 4 is 11.6 Å². The zero-order chi connectivity index (χ0) is 14.6. The fourth-order valence-electron chi connectivity index (χ4n) is 3.36. The van der Waals surface area contributed by atoms with Gasteiger partial charge in [-0.15, -0.1) is 0 Å². The topological polar surface area (TPSA) is 29.3 Å². The van der Waals surface area contributed by atoms with Crippen molar-refractivity contribution in [3.63, 3.8) is 0 Å². The van der Waals surface area contributed by atoms with E-state index in [9.17, 15) is 0 Å². The molecule has 2 rings (SSSR count). The molecule has 0 amide bonds. The van der Waals surface area contributed by atoms with Gasteiger partial charge in [0.1, 0.15) is 0 Å². The van der Waals surface area contributed by atoms with Gasteiger partial charge in [-0.1, -0.05) is 49.6 Å². The summed E-state index contributed by atoms with van der Waals surface area (Å²) in [5, 5.41) is 0.855. The maximum Gasteiger partial charge on any atom is 0.0451 e. The van der Waals surface area contributed by atoms with Gasteiger partial charge in [0, 0.05) is 23.7 Å². The molecule has 2 unspecified atom stereocenters. The SMILES string of the molecule is CC1CCCC(CN)(N(C)Cc2ccccc2Cl)CC1. The molecular formula is C17H27ClN2. The largest absolute Gasteiger partial charge is 0.329 e. The average molecular weight is 295 g/mol. The van der Waals surface area contributed by atoms with Crippen LogP contribution in [0.1, 0.15) is 44.6 Å². The lowest BCUT2D eigenvalue weighted by Crippen LogP contribution is -2.51. The first-order chi connectivity index (χ1) is 9.57. The van der Waals surface area contributed by atoms with E-state index >= 15 is 0 Å². The third-order valence-corrected chi connectivity index (χ3v) is 5.37. The molecule has 0 heterocycles. The van der Waals surface area contributed by atoms with Gasteiger partial charge in [-0.25, -0.2) is 0 Å². The molecule has 20 heavy (non-hydrogen) atoms. The molecule has 1 aromatic carbocycles. The van der Waals surface area contributed by atoms with Crippen LogP contribution in [-0.2, 0) is 6.54 Å². The Bertz CT molecular complexity index is 435. The standard InChI is InChI=1S/C17H27ClN2/c1-14-6-5-10-17(13-19,11-9-14)20(2)12-15-7-3-4-8-16(15)18/h3-4,7-8,14H,5-6,9-13,19H2,1-2H3. The van der Waals surface area contributed by atoms with Gasteiger partial charge in [0.2, 0.25) is 0 Å². The van der Waals surface area contributed by atoms with Gasteiger partial charge in [0.05, 0.1) is 0 Å². The second kappa shape index (κ2) is 6.93. The van der Waals surface area contributed by atoms with Crippen LogP contribution in [0.25, 0.3) is 0 Å². The molecule has 0 aromatic heterocycles. The predicted molar refractivity (Wildman–Crippen MR) is 87.0 cm³/mol. The number of nitrogens with two attached hydrogens (primary N) is 1. The number of halogens is 1. The lowest BCUT2D eigenvalue weighted by molar-refractivity contribution is 0.0987. The monoisotopic (exact) mass is 294 g/mol. The first-order valence-electron chi connectivity index (χ1n) is 7.72. The summed E-state index contributed by atoms with van der Waals surface area (Å²) in [7, 11) is 2.20. The summed E-state index contributed by atoms with van der Waals surface area (Å²) in [6, 6.07) is 8.12. The summed E-state index contributed by atoms with van der Waals surface area (Å²) in [5.74, 6) is 0.831. The molecule has 1 aliphatic carbocycles. The number of rotatable bonds is 4. The van der Waals surface area contributed by atoms with Gasteiger partial charge in [-0.3, -0.25) is 4.90 Å². The summed E-state index contributed by atoms with van der Waals surface area (Å²) in [4.78, 5) is 2.44. The van der Waals surface area contributed by atoms with Crippen LogP contribution in [0.15, 0.2) is 24.3 Å². The Morgan fingerprint density at radius 1 is 1.30 bits per heavy atom. The normalized spacial score (nSPS) is 27.6. The van der Waals surface area contributed by atoms with Gasteiger partial charge in [0.25, 0.3) is 0 Å². The quantitative estimate of drug-likeness (QED) is 0.848. The van der Waals surface area contributed by atoms with Crippen LogP contribution in [-0.4, -0.2) is 24.0 Å². The lowest BCUT2D eigenvalue weighted by Gasteiger charge is -2.41. The first kappa shape index (κ1) is 15.8. The van der Waals surface area contributed by atoms with Crippen LogP contribution in [0.5, 0.6) is 0 Å². The zero-order valence-corrected chi connectivity index (χ0v) is 13.5. The molecule has 2 nitrogen and oxygen atoms in total. The van der Waals surface area contributed by atoms with Gasteiger partial charge in [-0.05, 0) is 43.9 Å². The van der Waals surface area contributed by atoms with Crippen LogP contribution in [0.4, 0.5) is 0 Å². The van der Waals surface area contributed by atoms with Crippen molar-refractivity contribution in [2.24, 2.45) is 11.7 Å². The highest BCUT2D eigenvalue weighted by atomic mass is 35.5. The number of nitrogens with zero attached hydrogens (tertiary/aromatic N) is 1. The van der Waals surface area contributed by atoms with Gasteiger partial charge in [-0.2, -0.15) is 0 Å². The second-order valence-electron chi connectivity index (χ2n) is 6.41. The highest BCUT2D eigenvalue weighted by Crippen LogP contribution is 2.34. The molecule has 1 saturated carbocycles. The molecule has 1 aliphatic rings. The van der Waals surface area contributed by atoms with E-state index in [2.05, 4.69) is 31.0 Å². The Hall–Kier alpha value is -0.570. The fraction of sp³-hybridized carbons (Fsp3) is 0.647.